The first-order chi connectivity index (χ1) is 12.0. The number of hydrogen-bond donors (Lipinski definition) is 3. The topological polar surface area (TPSA) is 64.6 Å². The molecule has 0 aliphatic heterocycles. The van der Waals surface area contributed by atoms with Crippen LogP contribution in [0.3, 0.4) is 0 Å². The molecule has 2 amide bonds. The molecule has 2 aromatic carbocycles. The third kappa shape index (κ3) is 6.12. The van der Waals surface area contributed by atoms with Crippen molar-refractivity contribution >= 4 is 6.03 Å². The molecule has 5 heteroatoms. The van der Waals surface area contributed by atoms with E-state index in [4.69, 9.17) is 0 Å². The third-order valence-electron chi connectivity index (χ3n) is 4.28. The zero-order valence-electron chi connectivity index (χ0n) is 15.1. The summed E-state index contributed by atoms with van der Waals surface area (Å²) in [5.74, 6) is 0.262. The number of nitrogens with zero attached hydrogens (tertiary/aromatic N) is 1. The minimum atomic E-state index is -0.172. The summed E-state index contributed by atoms with van der Waals surface area (Å²) in [7, 11) is 3.99. The Morgan fingerprint density at radius 1 is 1.08 bits per heavy atom. The maximum Gasteiger partial charge on any atom is 0.315 e. The van der Waals surface area contributed by atoms with E-state index in [1.807, 2.05) is 63.5 Å². The van der Waals surface area contributed by atoms with Crippen molar-refractivity contribution in [3.8, 4) is 5.75 Å². The molecular formula is C20H27N3O2. The SMILES string of the molecule is CC(NC(=O)NCC(Cc1ccc(O)cc1)N(C)C)c1ccccc1. The summed E-state index contributed by atoms with van der Waals surface area (Å²) in [5.41, 5.74) is 2.20. The zero-order valence-corrected chi connectivity index (χ0v) is 15.1. The summed E-state index contributed by atoms with van der Waals surface area (Å²) in [4.78, 5) is 14.3. The minimum Gasteiger partial charge on any atom is -0.508 e. The van der Waals surface area contributed by atoms with Gasteiger partial charge in [-0.3, -0.25) is 0 Å². The Labute approximate surface area is 149 Å². The average molecular weight is 341 g/mol. The van der Waals surface area contributed by atoms with E-state index in [9.17, 15) is 9.90 Å². The average Bonchev–Trinajstić information content (AvgIpc) is 2.60. The maximum atomic E-state index is 12.2. The summed E-state index contributed by atoms with van der Waals surface area (Å²) in [5, 5.41) is 15.3. The van der Waals surface area contributed by atoms with E-state index >= 15 is 0 Å². The molecule has 3 N–H and O–H groups in total. The molecule has 134 valence electrons. The number of carbonyl (C=O) groups excluding carboxylic acids is 1. The highest BCUT2D eigenvalue weighted by atomic mass is 16.3. The van der Waals surface area contributed by atoms with E-state index < -0.39 is 0 Å². The van der Waals surface area contributed by atoms with Gasteiger partial charge >= 0.3 is 6.03 Å². The largest absolute Gasteiger partial charge is 0.508 e. The van der Waals surface area contributed by atoms with Crippen LogP contribution in [0.2, 0.25) is 0 Å². The molecule has 0 saturated carbocycles. The number of rotatable bonds is 7. The number of urea groups is 1. The predicted octanol–water partition coefficient (Wildman–Crippen LogP) is 2.93. The van der Waals surface area contributed by atoms with Gasteiger partial charge in [0.2, 0.25) is 0 Å². The van der Waals surface area contributed by atoms with E-state index in [-0.39, 0.29) is 23.9 Å². The molecule has 0 aromatic heterocycles. The van der Waals surface area contributed by atoms with Crippen LogP contribution in [0, 0.1) is 0 Å². The Bertz CT molecular complexity index is 656. The van der Waals surface area contributed by atoms with Crippen molar-refractivity contribution in [1.29, 1.82) is 0 Å². The molecule has 0 saturated heterocycles. The van der Waals surface area contributed by atoms with Crippen LogP contribution in [0.4, 0.5) is 4.79 Å². The van der Waals surface area contributed by atoms with Crippen molar-refractivity contribution in [2.75, 3.05) is 20.6 Å². The van der Waals surface area contributed by atoms with Crippen LogP contribution in [0.5, 0.6) is 5.75 Å². The molecule has 0 radical (unpaired) electrons. The number of phenolic OH excluding ortho intramolecular Hbond substituents is 1. The van der Waals surface area contributed by atoms with Gasteiger partial charge in [0, 0.05) is 12.6 Å². The second-order valence-corrected chi connectivity index (χ2v) is 6.47. The smallest absolute Gasteiger partial charge is 0.315 e. The minimum absolute atomic E-state index is 0.0453. The summed E-state index contributed by atoms with van der Waals surface area (Å²) in [6.45, 7) is 2.51. The molecule has 2 aromatic rings. The summed E-state index contributed by atoms with van der Waals surface area (Å²) < 4.78 is 0. The number of carbonyl (C=O) groups is 1. The van der Waals surface area contributed by atoms with Crippen LogP contribution in [0.15, 0.2) is 54.6 Å². The van der Waals surface area contributed by atoms with Crippen LogP contribution in [-0.4, -0.2) is 42.7 Å². The Kier molecular flexibility index (Phi) is 6.83. The first kappa shape index (κ1) is 18.8. The lowest BCUT2D eigenvalue weighted by Gasteiger charge is -2.25. The molecule has 5 nitrogen and oxygen atoms in total. The van der Waals surface area contributed by atoms with Crippen LogP contribution in [-0.2, 0) is 6.42 Å². The number of nitrogens with one attached hydrogen (secondary N) is 2. The highest BCUT2D eigenvalue weighted by molar-refractivity contribution is 5.74. The lowest BCUT2D eigenvalue weighted by Crippen LogP contribution is -2.45. The van der Waals surface area contributed by atoms with Crippen LogP contribution >= 0.6 is 0 Å². The van der Waals surface area contributed by atoms with Crippen molar-refractivity contribution in [2.24, 2.45) is 0 Å². The molecule has 0 fully saturated rings. The van der Waals surface area contributed by atoms with Gasteiger partial charge < -0.3 is 20.6 Å². The Hall–Kier alpha value is -2.53. The first-order valence-corrected chi connectivity index (χ1v) is 8.49. The fourth-order valence-electron chi connectivity index (χ4n) is 2.62. The summed E-state index contributed by atoms with van der Waals surface area (Å²) >= 11 is 0. The second-order valence-electron chi connectivity index (χ2n) is 6.47. The first-order valence-electron chi connectivity index (χ1n) is 8.49. The highest BCUT2D eigenvalue weighted by Crippen LogP contribution is 2.13. The molecule has 25 heavy (non-hydrogen) atoms. The van der Waals surface area contributed by atoms with Gasteiger partial charge in [0.15, 0.2) is 0 Å². The van der Waals surface area contributed by atoms with Crippen molar-refractivity contribution in [2.45, 2.75) is 25.4 Å². The van der Waals surface area contributed by atoms with Crippen LogP contribution in [0.1, 0.15) is 24.1 Å². The number of hydrogen-bond acceptors (Lipinski definition) is 3. The molecule has 2 atom stereocenters. The van der Waals surface area contributed by atoms with Gasteiger partial charge in [-0.1, -0.05) is 42.5 Å². The number of likely N-dealkylation sites (N-methyl/N-ethyl adjacent to an activating group) is 1. The van der Waals surface area contributed by atoms with Crippen molar-refractivity contribution in [1.82, 2.24) is 15.5 Å². The van der Waals surface area contributed by atoms with E-state index in [2.05, 4.69) is 15.5 Å². The molecule has 2 unspecified atom stereocenters. The molecular weight excluding hydrogens is 314 g/mol. The lowest BCUT2D eigenvalue weighted by atomic mass is 10.0. The number of amides is 2. The van der Waals surface area contributed by atoms with E-state index in [1.165, 1.54) is 0 Å². The molecule has 0 aliphatic rings. The van der Waals surface area contributed by atoms with E-state index in [1.54, 1.807) is 12.1 Å². The van der Waals surface area contributed by atoms with Gasteiger partial charge in [-0.05, 0) is 50.7 Å². The second kappa shape index (κ2) is 9.08. The number of phenols is 1. The van der Waals surface area contributed by atoms with Gasteiger partial charge in [-0.25, -0.2) is 4.79 Å². The Balaban J connectivity index is 1.85. The Morgan fingerprint density at radius 3 is 2.32 bits per heavy atom. The Morgan fingerprint density at radius 2 is 1.72 bits per heavy atom. The fourth-order valence-corrected chi connectivity index (χ4v) is 2.62. The van der Waals surface area contributed by atoms with E-state index in [0.29, 0.717) is 6.54 Å². The molecule has 0 heterocycles. The van der Waals surface area contributed by atoms with Gasteiger partial charge in [-0.2, -0.15) is 0 Å². The maximum absolute atomic E-state index is 12.2. The highest BCUT2D eigenvalue weighted by Gasteiger charge is 2.15. The standard InChI is InChI=1S/C20H27N3O2/c1-15(17-7-5-4-6-8-17)22-20(25)21-14-18(23(2)3)13-16-9-11-19(24)12-10-16/h4-12,15,18,24H,13-14H2,1-3H3,(H2,21,22,25). The van der Waals surface area contributed by atoms with Crippen LogP contribution in [0.25, 0.3) is 0 Å². The normalized spacial score (nSPS) is 13.3. The van der Waals surface area contributed by atoms with Crippen LogP contribution < -0.4 is 10.6 Å². The molecule has 0 aliphatic carbocycles. The summed E-state index contributed by atoms with van der Waals surface area (Å²) in [6.07, 6.45) is 0.793. The number of benzene rings is 2. The van der Waals surface area contributed by atoms with Crippen molar-refractivity contribution in [3.05, 3.63) is 65.7 Å². The van der Waals surface area contributed by atoms with Gasteiger partial charge in [0.1, 0.15) is 5.75 Å². The van der Waals surface area contributed by atoms with E-state index in [0.717, 1.165) is 17.5 Å². The number of aromatic hydroxyl groups is 1. The van der Waals surface area contributed by atoms with Gasteiger partial charge in [0.25, 0.3) is 0 Å². The molecule has 0 bridgehead atoms. The van der Waals surface area contributed by atoms with Crippen molar-refractivity contribution in [3.63, 3.8) is 0 Å². The fraction of sp³-hybridized carbons (Fsp3) is 0.350. The molecule has 0 spiro atoms. The lowest BCUT2D eigenvalue weighted by molar-refractivity contribution is 0.229. The molecule has 2 rings (SSSR count). The summed E-state index contributed by atoms with van der Waals surface area (Å²) in [6, 6.07) is 17.0. The van der Waals surface area contributed by atoms with Gasteiger partial charge in [-0.15, -0.1) is 0 Å². The van der Waals surface area contributed by atoms with Gasteiger partial charge in [0.05, 0.1) is 6.04 Å². The quantitative estimate of drug-likeness (QED) is 0.725. The predicted molar refractivity (Wildman–Crippen MR) is 101 cm³/mol. The zero-order chi connectivity index (χ0) is 18.2. The monoisotopic (exact) mass is 341 g/mol. The third-order valence-corrected chi connectivity index (χ3v) is 4.28. The van der Waals surface area contributed by atoms with Crippen molar-refractivity contribution < 1.29 is 9.90 Å².